The summed E-state index contributed by atoms with van der Waals surface area (Å²) in [5.41, 5.74) is 3.55. The van der Waals surface area contributed by atoms with Crippen molar-refractivity contribution in [3.05, 3.63) is 46.8 Å². The summed E-state index contributed by atoms with van der Waals surface area (Å²) in [7, 11) is 3.31. The van der Waals surface area contributed by atoms with Gasteiger partial charge in [-0.2, -0.15) is 5.10 Å². The number of esters is 2. The number of aryl methyl sites for hydroxylation is 1. The molecule has 0 fully saturated rings. The first-order valence-corrected chi connectivity index (χ1v) is 12.1. The highest BCUT2D eigenvalue weighted by Gasteiger charge is 2.38. The zero-order chi connectivity index (χ0) is 27.1. The molecule has 1 aromatic carbocycles. The number of fused-ring (bicyclic) bond motifs is 3. The first kappa shape index (κ1) is 26.1. The second-order valence-electron chi connectivity index (χ2n) is 10.6. The summed E-state index contributed by atoms with van der Waals surface area (Å²) in [6.45, 7) is 11.7. The first-order valence-electron chi connectivity index (χ1n) is 12.1. The van der Waals surface area contributed by atoms with Crippen molar-refractivity contribution in [2.75, 3.05) is 19.0 Å². The van der Waals surface area contributed by atoms with E-state index in [2.05, 4.69) is 29.2 Å². The number of nitrogens with zero attached hydrogens (tertiary/aromatic N) is 4. The SMILES string of the molecule is CCOC(=O)c1nn(C)c2c1CC(C)(C)c1cnc(Nc3ccc(C(=O)OC(C)(C)C)cc3OC)nc1-2. The normalized spacial score (nSPS) is 13.8. The number of rotatable bonds is 6. The fraction of sp³-hybridized carbons (Fsp3) is 0.444. The number of carbonyl (C=O) groups is 2. The van der Waals surface area contributed by atoms with Crippen LogP contribution in [0.3, 0.4) is 0 Å². The lowest BCUT2D eigenvalue weighted by molar-refractivity contribution is 0.00689. The molecule has 0 bridgehead atoms. The van der Waals surface area contributed by atoms with Gasteiger partial charge in [-0.3, -0.25) is 4.68 Å². The van der Waals surface area contributed by atoms with Gasteiger partial charge in [-0.15, -0.1) is 0 Å². The molecule has 0 atom stereocenters. The molecule has 0 saturated heterocycles. The van der Waals surface area contributed by atoms with E-state index in [-0.39, 0.29) is 12.0 Å². The molecular weight excluding hydrogens is 474 g/mol. The lowest BCUT2D eigenvalue weighted by atomic mass is 9.73. The molecular formula is C27H33N5O5. The largest absolute Gasteiger partial charge is 0.495 e. The van der Waals surface area contributed by atoms with Crippen molar-refractivity contribution in [2.24, 2.45) is 7.05 Å². The second-order valence-corrected chi connectivity index (χ2v) is 10.6. The Kier molecular flexibility index (Phi) is 6.70. The molecule has 3 aromatic rings. The summed E-state index contributed by atoms with van der Waals surface area (Å²) in [4.78, 5) is 34.5. The summed E-state index contributed by atoms with van der Waals surface area (Å²) in [5, 5.41) is 7.66. The Bertz CT molecular complexity index is 1370. The molecule has 10 heteroatoms. The van der Waals surface area contributed by atoms with Gasteiger partial charge in [-0.25, -0.2) is 19.6 Å². The van der Waals surface area contributed by atoms with Gasteiger partial charge in [0.25, 0.3) is 0 Å². The molecule has 10 nitrogen and oxygen atoms in total. The quantitative estimate of drug-likeness (QED) is 0.478. The average Bonchev–Trinajstić information content (AvgIpc) is 3.13. The van der Waals surface area contributed by atoms with Crippen molar-refractivity contribution in [3.63, 3.8) is 0 Å². The van der Waals surface area contributed by atoms with E-state index in [1.54, 1.807) is 43.0 Å². The Labute approximate surface area is 216 Å². The highest BCUT2D eigenvalue weighted by Crippen LogP contribution is 2.43. The monoisotopic (exact) mass is 507 g/mol. The lowest BCUT2D eigenvalue weighted by Gasteiger charge is -2.31. The summed E-state index contributed by atoms with van der Waals surface area (Å²) < 4.78 is 17.9. The highest BCUT2D eigenvalue weighted by atomic mass is 16.6. The van der Waals surface area contributed by atoms with E-state index in [1.165, 1.54) is 7.11 Å². The van der Waals surface area contributed by atoms with Crippen LogP contribution in [-0.2, 0) is 28.4 Å². The Balaban J connectivity index is 1.72. The van der Waals surface area contributed by atoms with Gasteiger partial charge in [-0.05, 0) is 57.7 Å². The van der Waals surface area contributed by atoms with Crippen molar-refractivity contribution in [2.45, 2.75) is 59.0 Å². The number of benzene rings is 1. The fourth-order valence-corrected chi connectivity index (χ4v) is 4.43. The Morgan fingerprint density at radius 3 is 2.57 bits per heavy atom. The van der Waals surface area contributed by atoms with Gasteiger partial charge in [0.2, 0.25) is 5.95 Å². The van der Waals surface area contributed by atoms with Crippen LogP contribution >= 0.6 is 0 Å². The van der Waals surface area contributed by atoms with E-state index in [0.29, 0.717) is 40.8 Å². The van der Waals surface area contributed by atoms with E-state index >= 15 is 0 Å². The third-order valence-corrected chi connectivity index (χ3v) is 6.06. The van der Waals surface area contributed by atoms with E-state index in [0.717, 1.165) is 16.8 Å². The van der Waals surface area contributed by atoms with E-state index in [1.807, 2.05) is 20.8 Å². The average molecular weight is 508 g/mol. The predicted molar refractivity (Wildman–Crippen MR) is 138 cm³/mol. The maximum absolute atomic E-state index is 12.6. The molecule has 37 heavy (non-hydrogen) atoms. The van der Waals surface area contributed by atoms with Crippen LogP contribution < -0.4 is 10.1 Å². The van der Waals surface area contributed by atoms with Crippen molar-refractivity contribution in [1.82, 2.24) is 19.7 Å². The Morgan fingerprint density at radius 2 is 1.92 bits per heavy atom. The topological polar surface area (TPSA) is 117 Å². The molecule has 2 heterocycles. The highest BCUT2D eigenvalue weighted by molar-refractivity contribution is 5.92. The molecule has 0 radical (unpaired) electrons. The van der Waals surface area contributed by atoms with Crippen LogP contribution in [0, 0.1) is 0 Å². The zero-order valence-corrected chi connectivity index (χ0v) is 22.6. The van der Waals surface area contributed by atoms with Gasteiger partial charge in [-0.1, -0.05) is 13.8 Å². The van der Waals surface area contributed by atoms with Crippen LogP contribution in [0.1, 0.15) is 73.5 Å². The maximum Gasteiger partial charge on any atom is 0.359 e. The van der Waals surface area contributed by atoms with Crippen LogP contribution in [-0.4, -0.2) is 51.0 Å². The van der Waals surface area contributed by atoms with Crippen LogP contribution in [0.2, 0.25) is 0 Å². The molecule has 0 saturated carbocycles. The number of nitrogens with one attached hydrogen (secondary N) is 1. The minimum atomic E-state index is -0.607. The van der Waals surface area contributed by atoms with E-state index in [9.17, 15) is 9.59 Å². The summed E-state index contributed by atoms with van der Waals surface area (Å²) in [5.74, 6) is -0.105. The first-order chi connectivity index (χ1) is 17.3. The van der Waals surface area contributed by atoms with Crippen molar-refractivity contribution >= 4 is 23.6 Å². The van der Waals surface area contributed by atoms with Crippen LogP contribution in [0.25, 0.3) is 11.4 Å². The molecule has 1 N–H and O–H groups in total. The second kappa shape index (κ2) is 9.49. The number of hydrogen-bond donors (Lipinski definition) is 1. The van der Waals surface area contributed by atoms with E-state index < -0.39 is 17.5 Å². The molecule has 0 unspecified atom stereocenters. The van der Waals surface area contributed by atoms with Gasteiger partial charge in [0.15, 0.2) is 5.69 Å². The third kappa shape index (κ3) is 5.14. The standard InChI is InChI=1S/C27H33N5O5/c1-9-36-24(34)20-16-13-27(5,6)17-14-28-25(30-21(17)22(16)32(7)31-20)29-18-11-10-15(12-19(18)35-8)23(33)37-26(2,3)4/h10-12,14H,9,13H2,1-8H3,(H,28,29,30). The molecule has 0 aliphatic heterocycles. The number of hydrogen-bond acceptors (Lipinski definition) is 9. The zero-order valence-electron chi connectivity index (χ0n) is 22.6. The molecule has 1 aliphatic carbocycles. The summed E-state index contributed by atoms with van der Waals surface area (Å²) in [6, 6.07) is 4.99. The lowest BCUT2D eigenvalue weighted by Crippen LogP contribution is -2.28. The van der Waals surface area contributed by atoms with Crippen LogP contribution in [0.4, 0.5) is 11.6 Å². The molecule has 4 rings (SSSR count). The predicted octanol–water partition coefficient (Wildman–Crippen LogP) is 4.60. The van der Waals surface area contributed by atoms with Crippen molar-refractivity contribution in [3.8, 4) is 17.1 Å². The van der Waals surface area contributed by atoms with E-state index in [4.69, 9.17) is 19.2 Å². The fourth-order valence-electron chi connectivity index (χ4n) is 4.43. The summed E-state index contributed by atoms with van der Waals surface area (Å²) in [6.07, 6.45) is 2.40. The molecule has 0 spiro atoms. The van der Waals surface area contributed by atoms with Crippen LogP contribution in [0.15, 0.2) is 24.4 Å². The molecule has 1 aliphatic rings. The van der Waals surface area contributed by atoms with Gasteiger partial charge < -0.3 is 19.5 Å². The van der Waals surface area contributed by atoms with Crippen molar-refractivity contribution < 1.29 is 23.8 Å². The number of ether oxygens (including phenoxy) is 3. The number of aromatic nitrogens is 4. The van der Waals surface area contributed by atoms with Gasteiger partial charge in [0.05, 0.1) is 36.4 Å². The smallest absolute Gasteiger partial charge is 0.359 e. The van der Waals surface area contributed by atoms with Gasteiger partial charge in [0, 0.05) is 24.4 Å². The number of carbonyl (C=O) groups excluding carboxylic acids is 2. The van der Waals surface area contributed by atoms with Crippen molar-refractivity contribution in [1.29, 1.82) is 0 Å². The number of anilines is 2. The third-order valence-electron chi connectivity index (χ3n) is 6.06. The molecule has 2 aromatic heterocycles. The molecule has 196 valence electrons. The summed E-state index contributed by atoms with van der Waals surface area (Å²) >= 11 is 0. The Hall–Kier alpha value is -3.95. The van der Waals surface area contributed by atoms with Crippen LogP contribution in [0.5, 0.6) is 5.75 Å². The minimum Gasteiger partial charge on any atom is -0.495 e. The van der Waals surface area contributed by atoms with Gasteiger partial charge in [0.1, 0.15) is 11.4 Å². The maximum atomic E-state index is 12.6. The molecule has 0 amide bonds. The minimum absolute atomic E-state index is 0.273. The van der Waals surface area contributed by atoms with Gasteiger partial charge >= 0.3 is 11.9 Å². The Morgan fingerprint density at radius 1 is 1.19 bits per heavy atom. The number of methoxy groups -OCH3 is 1.